The van der Waals surface area contributed by atoms with Crippen molar-refractivity contribution in [3.8, 4) is 0 Å². The quantitative estimate of drug-likeness (QED) is 0.285. The molecule has 0 radical (unpaired) electrons. The monoisotopic (exact) mass is 696 g/mol. The summed E-state index contributed by atoms with van der Waals surface area (Å²) in [5, 5.41) is 0. The van der Waals surface area contributed by atoms with Gasteiger partial charge >= 0.3 is 0 Å². The number of hydrogen-bond acceptors (Lipinski definition) is 10. The summed E-state index contributed by atoms with van der Waals surface area (Å²) in [6.45, 7) is 14.3. The fraction of sp³-hybridized carbons (Fsp3) is 0.875. The Hall–Kier alpha value is -1.21. The highest BCUT2D eigenvalue weighted by molar-refractivity contribution is 5.79. The van der Waals surface area contributed by atoms with E-state index >= 15 is 0 Å². The van der Waals surface area contributed by atoms with E-state index in [2.05, 4.69) is 27.0 Å². The first-order valence-corrected chi connectivity index (χ1v) is 20.0. The molecule has 11 aliphatic heterocycles. The van der Waals surface area contributed by atoms with E-state index in [1.165, 1.54) is 5.57 Å². The molecular formula is C40H56O10. The van der Waals surface area contributed by atoms with Crippen molar-refractivity contribution >= 4 is 5.78 Å². The maximum Gasteiger partial charge on any atom is 0.172 e. The summed E-state index contributed by atoms with van der Waals surface area (Å²) >= 11 is 0. The van der Waals surface area contributed by atoms with Crippen molar-refractivity contribution in [1.29, 1.82) is 0 Å². The lowest BCUT2D eigenvalue weighted by Gasteiger charge is -2.47. The lowest BCUT2D eigenvalue weighted by atomic mass is 9.79. The second-order valence-electron chi connectivity index (χ2n) is 17.7. The molecule has 0 aromatic rings. The maximum atomic E-state index is 14.0. The second kappa shape index (κ2) is 12.7. The van der Waals surface area contributed by atoms with Gasteiger partial charge in [0.2, 0.25) is 0 Å². The molecule has 10 nitrogen and oxygen atoms in total. The van der Waals surface area contributed by atoms with Crippen LogP contribution in [-0.4, -0.2) is 110 Å². The van der Waals surface area contributed by atoms with Crippen LogP contribution in [0.25, 0.3) is 0 Å². The Morgan fingerprint density at radius 3 is 2.32 bits per heavy atom. The average molecular weight is 697 g/mol. The number of carbonyl (C=O) groups excluding carboxylic acids is 1. The zero-order chi connectivity index (χ0) is 33.9. The molecule has 1 spiro atoms. The SMILES string of the molecule is C=C1C[C@@H]2CC[C@@]34C[C@H]5OC6[C@@H](O[C@H]7CCC(CC(=O)C[C@@H]8[C@@H](C)[C@@H](C[C@H]9CO9)O[C@H]8CC8O[C@@H](CCC1O2)C[C@@H](C)C8=C)O[C@@H]7[C@@H]6O3)[C@H]5O4. The van der Waals surface area contributed by atoms with Gasteiger partial charge in [0, 0.05) is 38.5 Å². The van der Waals surface area contributed by atoms with Crippen LogP contribution in [-0.2, 0) is 47.4 Å². The first-order valence-electron chi connectivity index (χ1n) is 20.0. The Morgan fingerprint density at radius 1 is 0.700 bits per heavy atom. The molecule has 11 fully saturated rings. The molecule has 0 N–H and O–H groups in total. The number of hydrogen-bond donors (Lipinski definition) is 0. The third-order valence-corrected chi connectivity index (χ3v) is 14.3. The van der Waals surface area contributed by atoms with Gasteiger partial charge in [-0.15, -0.1) is 0 Å². The van der Waals surface area contributed by atoms with Gasteiger partial charge < -0.3 is 42.6 Å². The summed E-state index contributed by atoms with van der Waals surface area (Å²) in [7, 11) is 0. The molecule has 0 amide bonds. The van der Waals surface area contributed by atoms with E-state index in [0.29, 0.717) is 25.2 Å². The van der Waals surface area contributed by atoms with Crippen LogP contribution in [0.5, 0.6) is 0 Å². The zero-order valence-electron chi connectivity index (χ0n) is 29.8. The van der Waals surface area contributed by atoms with E-state index in [0.717, 1.165) is 76.4 Å². The van der Waals surface area contributed by atoms with E-state index < -0.39 is 5.79 Å². The fourth-order valence-corrected chi connectivity index (χ4v) is 11.4. The van der Waals surface area contributed by atoms with Gasteiger partial charge in [-0.1, -0.05) is 27.0 Å². The van der Waals surface area contributed by atoms with E-state index in [1.807, 2.05) is 0 Å². The lowest BCUT2D eigenvalue weighted by molar-refractivity contribution is -0.292. The fourth-order valence-electron chi connectivity index (χ4n) is 11.4. The Labute approximate surface area is 296 Å². The molecule has 11 aliphatic rings. The molecule has 19 atom stereocenters. The largest absolute Gasteiger partial charge is 0.374 e. The molecule has 50 heavy (non-hydrogen) atoms. The summed E-state index contributed by atoms with van der Waals surface area (Å²) in [4.78, 5) is 14.0. The van der Waals surface area contributed by atoms with Crippen LogP contribution >= 0.6 is 0 Å². The van der Waals surface area contributed by atoms with Crippen LogP contribution in [0.4, 0.5) is 0 Å². The van der Waals surface area contributed by atoms with Crippen LogP contribution < -0.4 is 0 Å². The highest BCUT2D eigenvalue weighted by Gasteiger charge is 2.68. The molecule has 0 aliphatic carbocycles. The van der Waals surface area contributed by atoms with Crippen LogP contribution in [0.2, 0.25) is 0 Å². The number of Topliss-reactive ketones (excluding diaryl/α,β-unsaturated/α-hetero) is 1. The molecule has 11 saturated heterocycles. The van der Waals surface area contributed by atoms with Gasteiger partial charge in [0.05, 0.1) is 67.6 Å². The summed E-state index contributed by atoms with van der Waals surface area (Å²) < 4.78 is 59.9. The van der Waals surface area contributed by atoms with Gasteiger partial charge in [0.25, 0.3) is 0 Å². The third kappa shape index (κ3) is 5.91. The number of epoxide rings is 1. The highest BCUT2D eigenvalue weighted by Crippen LogP contribution is 2.54. The maximum absolute atomic E-state index is 14.0. The summed E-state index contributed by atoms with van der Waals surface area (Å²) in [6, 6.07) is 0. The van der Waals surface area contributed by atoms with Crippen LogP contribution in [0.3, 0.4) is 0 Å². The predicted octanol–water partition coefficient (Wildman–Crippen LogP) is 5.14. The molecule has 10 heteroatoms. The number of rotatable bonds is 2. The predicted molar refractivity (Wildman–Crippen MR) is 179 cm³/mol. The van der Waals surface area contributed by atoms with Gasteiger partial charge in [-0.05, 0) is 73.8 Å². The summed E-state index contributed by atoms with van der Waals surface area (Å²) in [6.07, 6.45) is 9.05. The van der Waals surface area contributed by atoms with Crippen LogP contribution in [0, 0.1) is 17.8 Å². The third-order valence-electron chi connectivity index (χ3n) is 14.3. The molecule has 12 bridgehead atoms. The highest BCUT2D eigenvalue weighted by atomic mass is 16.8. The van der Waals surface area contributed by atoms with Crippen molar-refractivity contribution in [3.05, 3.63) is 24.3 Å². The molecule has 0 saturated carbocycles. The Bertz CT molecular complexity index is 1370. The van der Waals surface area contributed by atoms with Gasteiger partial charge in [-0.2, -0.15) is 0 Å². The normalized spacial score (nSPS) is 55.9. The molecule has 4 unspecified atom stereocenters. The topological polar surface area (TPSA) is 103 Å². The van der Waals surface area contributed by atoms with Crippen molar-refractivity contribution in [1.82, 2.24) is 0 Å². The number of carbonyl (C=O) groups is 1. The number of ketones is 1. The molecular weight excluding hydrogens is 640 g/mol. The minimum absolute atomic E-state index is 0.0297. The minimum Gasteiger partial charge on any atom is -0.374 e. The van der Waals surface area contributed by atoms with Gasteiger partial charge in [-0.25, -0.2) is 0 Å². The Balaban J connectivity index is 0.925. The summed E-state index contributed by atoms with van der Waals surface area (Å²) in [5.41, 5.74) is 2.32. The molecule has 0 aromatic heterocycles. The van der Waals surface area contributed by atoms with Crippen molar-refractivity contribution in [2.45, 2.75) is 195 Å². The smallest absolute Gasteiger partial charge is 0.172 e. The molecule has 0 aromatic carbocycles. The number of fused-ring (bicyclic) bond motifs is 6. The first kappa shape index (κ1) is 33.4. The molecule has 11 rings (SSSR count). The Kier molecular flexibility index (Phi) is 8.47. The van der Waals surface area contributed by atoms with Gasteiger partial charge in [0.1, 0.15) is 36.3 Å². The van der Waals surface area contributed by atoms with E-state index in [-0.39, 0.29) is 109 Å². The summed E-state index contributed by atoms with van der Waals surface area (Å²) in [5.74, 6) is 0.213. The standard InChI is InChI=1S/C40H56O10/c1-19-11-24-5-7-29-20(2)12-26(43-29)9-10-40-17-34-36(49-40)37-38(48-34)39(50-40)35-30(47-37)8-6-25(45-35)13-23(41)14-28-22(4)31(15-27-18-42-27)46-33(28)16-32(44-24)21(19)3/h19,22,24-39H,2-3,5-18H2,1,4H3/t19-,22-,24+,25?,26+,27+,28-,29?,30+,31-,32?,33+,34-,35+,36+,37+,38?,39+,40+/m1/s1. The van der Waals surface area contributed by atoms with E-state index in [9.17, 15) is 4.79 Å². The van der Waals surface area contributed by atoms with Gasteiger partial charge in [-0.3, -0.25) is 4.79 Å². The van der Waals surface area contributed by atoms with Crippen molar-refractivity contribution in [2.24, 2.45) is 17.8 Å². The van der Waals surface area contributed by atoms with Crippen molar-refractivity contribution < 1.29 is 47.4 Å². The number of ether oxygens (including phenoxy) is 9. The zero-order valence-corrected chi connectivity index (χ0v) is 29.8. The van der Waals surface area contributed by atoms with Crippen LogP contribution in [0.1, 0.15) is 97.3 Å². The minimum atomic E-state index is -0.743. The van der Waals surface area contributed by atoms with Crippen LogP contribution in [0.15, 0.2) is 24.3 Å². The average Bonchev–Trinajstić information content (AvgIpc) is 3.58. The van der Waals surface area contributed by atoms with Gasteiger partial charge in [0.15, 0.2) is 5.79 Å². The lowest BCUT2D eigenvalue weighted by Crippen LogP contribution is -2.61. The van der Waals surface area contributed by atoms with E-state index in [4.69, 9.17) is 42.6 Å². The van der Waals surface area contributed by atoms with Crippen molar-refractivity contribution in [3.63, 3.8) is 0 Å². The molecule has 276 valence electrons. The van der Waals surface area contributed by atoms with Crippen molar-refractivity contribution in [2.75, 3.05) is 6.61 Å². The second-order valence-corrected chi connectivity index (χ2v) is 17.7. The first-order chi connectivity index (χ1) is 24.2. The Morgan fingerprint density at radius 2 is 1.46 bits per heavy atom. The molecule has 11 heterocycles. The van der Waals surface area contributed by atoms with E-state index in [1.54, 1.807) is 0 Å².